The van der Waals surface area contributed by atoms with E-state index in [0.717, 1.165) is 11.3 Å². The van der Waals surface area contributed by atoms with E-state index in [9.17, 15) is 9.59 Å². The van der Waals surface area contributed by atoms with Crippen molar-refractivity contribution < 1.29 is 19.1 Å². The quantitative estimate of drug-likeness (QED) is 0.696. The van der Waals surface area contributed by atoms with Gasteiger partial charge in [-0.2, -0.15) is 0 Å². The van der Waals surface area contributed by atoms with Crippen LogP contribution in [0.2, 0.25) is 5.02 Å². The van der Waals surface area contributed by atoms with E-state index in [4.69, 9.17) is 21.1 Å². The van der Waals surface area contributed by atoms with Gasteiger partial charge >= 0.3 is 0 Å². The Hall–Kier alpha value is -2.73. The van der Waals surface area contributed by atoms with Gasteiger partial charge in [0.05, 0.1) is 12.1 Å². The second-order valence-electron chi connectivity index (χ2n) is 6.13. The SMILES string of the molecule is CC[C@H](C(=O)NC)N(Cc1ccc(OC)cc1)C(=O)COc1ccccc1Cl. The van der Waals surface area contributed by atoms with Crippen LogP contribution in [0.3, 0.4) is 0 Å². The van der Waals surface area contributed by atoms with Crippen molar-refractivity contribution in [1.29, 1.82) is 0 Å². The Bertz CT molecular complexity index is 795. The molecule has 0 spiro atoms. The number of para-hydroxylation sites is 1. The molecular formula is C21H25ClN2O4. The Labute approximate surface area is 170 Å². The lowest BCUT2D eigenvalue weighted by Gasteiger charge is -2.30. The number of nitrogens with zero attached hydrogens (tertiary/aromatic N) is 1. The summed E-state index contributed by atoms with van der Waals surface area (Å²) in [5, 5.41) is 3.05. The summed E-state index contributed by atoms with van der Waals surface area (Å²) in [7, 11) is 3.15. The zero-order chi connectivity index (χ0) is 20.5. The lowest BCUT2D eigenvalue weighted by molar-refractivity contribution is -0.142. The van der Waals surface area contributed by atoms with Gasteiger partial charge in [0.25, 0.3) is 5.91 Å². The first-order valence-electron chi connectivity index (χ1n) is 9.01. The Kier molecular flexibility index (Phi) is 8.14. The summed E-state index contributed by atoms with van der Waals surface area (Å²) in [6.45, 7) is 1.93. The van der Waals surface area contributed by atoms with Gasteiger partial charge in [0.2, 0.25) is 5.91 Å². The van der Waals surface area contributed by atoms with Crippen LogP contribution in [0.15, 0.2) is 48.5 Å². The number of methoxy groups -OCH3 is 1. The third-order valence-electron chi connectivity index (χ3n) is 4.33. The molecule has 2 amide bonds. The molecule has 2 aromatic rings. The third-order valence-corrected chi connectivity index (χ3v) is 4.64. The fraction of sp³-hybridized carbons (Fsp3) is 0.333. The number of hydrogen-bond donors (Lipinski definition) is 1. The number of carbonyl (C=O) groups excluding carboxylic acids is 2. The molecule has 0 bridgehead atoms. The highest BCUT2D eigenvalue weighted by Crippen LogP contribution is 2.23. The maximum absolute atomic E-state index is 12.9. The molecule has 0 radical (unpaired) electrons. The molecule has 6 nitrogen and oxygen atoms in total. The number of likely N-dealkylation sites (N-methyl/N-ethyl adjacent to an activating group) is 1. The van der Waals surface area contributed by atoms with E-state index in [1.54, 1.807) is 38.4 Å². The highest BCUT2D eigenvalue weighted by atomic mass is 35.5. The van der Waals surface area contributed by atoms with Gasteiger partial charge in [0.1, 0.15) is 17.5 Å². The number of benzene rings is 2. The van der Waals surface area contributed by atoms with Gasteiger partial charge in [-0.3, -0.25) is 9.59 Å². The summed E-state index contributed by atoms with van der Waals surface area (Å²) < 4.78 is 10.8. The van der Waals surface area contributed by atoms with E-state index >= 15 is 0 Å². The van der Waals surface area contributed by atoms with E-state index < -0.39 is 6.04 Å². The number of nitrogens with one attached hydrogen (secondary N) is 1. The number of carbonyl (C=O) groups is 2. The molecule has 0 saturated heterocycles. The minimum atomic E-state index is -0.602. The van der Waals surface area contributed by atoms with Crippen molar-refractivity contribution in [2.45, 2.75) is 25.9 Å². The van der Waals surface area contributed by atoms with Crippen molar-refractivity contribution in [2.75, 3.05) is 20.8 Å². The van der Waals surface area contributed by atoms with Gasteiger partial charge in [-0.25, -0.2) is 0 Å². The largest absolute Gasteiger partial charge is 0.497 e. The molecular weight excluding hydrogens is 380 g/mol. The first-order valence-corrected chi connectivity index (χ1v) is 9.39. The summed E-state index contributed by atoms with van der Waals surface area (Å²) >= 11 is 6.08. The summed E-state index contributed by atoms with van der Waals surface area (Å²) in [5.74, 6) is 0.630. The van der Waals surface area contributed by atoms with E-state index in [-0.39, 0.29) is 25.0 Å². The molecule has 0 aliphatic carbocycles. The Balaban J connectivity index is 2.19. The highest BCUT2D eigenvalue weighted by molar-refractivity contribution is 6.32. The summed E-state index contributed by atoms with van der Waals surface area (Å²) in [5.41, 5.74) is 0.884. The molecule has 28 heavy (non-hydrogen) atoms. The number of halogens is 1. The molecule has 2 rings (SSSR count). The van der Waals surface area contributed by atoms with Crippen LogP contribution >= 0.6 is 11.6 Å². The van der Waals surface area contributed by atoms with Gasteiger partial charge in [0, 0.05) is 13.6 Å². The van der Waals surface area contributed by atoms with E-state index in [2.05, 4.69) is 5.32 Å². The fourth-order valence-corrected chi connectivity index (χ4v) is 2.99. The molecule has 7 heteroatoms. The molecule has 0 heterocycles. The van der Waals surface area contributed by atoms with Gasteiger partial charge in [0.15, 0.2) is 6.61 Å². The molecule has 2 aromatic carbocycles. The van der Waals surface area contributed by atoms with Crippen molar-refractivity contribution in [1.82, 2.24) is 10.2 Å². The Morgan fingerprint density at radius 3 is 2.39 bits per heavy atom. The summed E-state index contributed by atoms with van der Waals surface area (Å²) in [6.07, 6.45) is 0.480. The van der Waals surface area contributed by atoms with Crippen molar-refractivity contribution in [3.63, 3.8) is 0 Å². The Morgan fingerprint density at radius 1 is 1.14 bits per heavy atom. The van der Waals surface area contributed by atoms with E-state index in [0.29, 0.717) is 17.2 Å². The standard InChI is InChI=1S/C21H25ClN2O4/c1-4-18(21(26)23-2)24(13-15-9-11-16(27-3)12-10-15)20(25)14-28-19-8-6-5-7-17(19)22/h5-12,18H,4,13-14H2,1-3H3,(H,23,26)/t18-/m1/s1. The number of ether oxygens (including phenoxy) is 2. The van der Waals surface area contributed by atoms with E-state index in [1.807, 2.05) is 31.2 Å². The number of amides is 2. The number of rotatable bonds is 9. The molecule has 0 aliphatic heterocycles. The zero-order valence-electron chi connectivity index (χ0n) is 16.3. The van der Waals surface area contributed by atoms with Gasteiger partial charge in [-0.05, 0) is 36.2 Å². The lowest BCUT2D eigenvalue weighted by atomic mass is 10.1. The molecule has 1 atom stereocenters. The van der Waals surface area contributed by atoms with Gasteiger partial charge in [-0.15, -0.1) is 0 Å². The van der Waals surface area contributed by atoms with Crippen LogP contribution in [0.25, 0.3) is 0 Å². The normalized spacial score (nSPS) is 11.4. The topological polar surface area (TPSA) is 67.9 Å². The zero-order valence-corrected chi connectivity index (χ0v) is 17.0. The molecule has 0 aromatic heterocycles. The van der Waals surface area contributed by atoms with E-state index in [1.165, 1.54) is 4.90 Å². The Morgan fingerprint density at radius 2 is 1.82 bits per heavy atom. The van der Waals surface area contributed by atoms with Crippen molar-refractivity contribution in [3.05, 3.63) is 59.1 Å². The molecule has 0 aliphatic rings. The molecule has 1 N–H and O–H groups in total. The average Bonchev–Trinajstić information content (AvgIpc) is 2.73. The van der Waals surface area contributed by atoms with Crippen molar-refractivity contribution in [2.24, 2.45) is 0 Å². The van der Waals surface area contributed by atoms with Crippen LogP contribution in [-0.4, -0.2) is 43.5 Å². The summed E-state index contributed by atoms with van der Waals surface area (Å²) in [4.78, 5) is 26.8. The predicted molar refractivity (Wildman–Crippen MR) is 109 cm³/mol. The van der Waals surface area contributed by atoms with Crippen LogP contribution in [0.1, 0.15) is 18.9 Å². The highest BCUT2D eigenvalue weighted by Gasteiger charge is 2.28. The predicted octanol–water partition coefficient (Wildman–Crippen LogP) is 3.28. The smallest absolute Gasteiger partial charge is 0.261 e. The molecule has 0 fully saturated rings. The summed E-state index contributed by atoms with van der Waals surface area (Å²) in [6, 6.07) is 13.7. The van der Waals surface area contributed by atoms with Gasteiger partial charge < -0.3 is 19.7 Å². The van der Waals surface area contributed by atoms with Crippen molar-refractivity contribution >= 4 is 23.4 Å². The molecule has 0 unspecified atom stereocenters. The van der Waals surface area contributed by atoms with Crippen LogP contribution in [0.4, 0.5) is 0 Å². The molecule has 150 valence electrons. The third kappa shape index (κ3) is 5.63. The average molecular weight is 405 g/mol. The molecule has 0 saturated carbocycles. The van der Waals surface area contributed by atoms with Gasteiger partial charge in [-0.1, -0.05) is 42.8 Å². The minimum Gasteiger partial charge on any atom is -0.497 e. The maximum Gasteiger partial charge on any atom is 0.261 e. The fourth-order valence-electron chi connectivity index (χ4n) is 2.80. The van der Waals surface area contributed by atoms with Crippen molar-refractivity contribution in [3.8, 4) is 11.5 Å². The maximum atomic E-state index is 12.9. The van der Waals surface area contributed by atoms with Crippen LogP contribution < -0.4 is 14.8 Å². The first kappa shape index (κ1) is 21.6. The lowest BCUT2D eigenvalue weighted by Crippen LogP contribution is -2.49. The second kappa shape index (κ2) is 10.6. The first-order chi connectivity index (χ1) is 13.5. The van der Waals surface area contributed by atoms with Crippen LogP contribution in [0.5, 0.6) is 11.5 Å². The van der Waals surface area contributed by atoms with Crippen LogP contribution in [-0.2, 0) is 16.1 Å². The number of hydrogen-bond acceptors (Lipinski definition) is 4. The minimum absolute atomic E-state index is 0.215. The second-order valence-corrected chi connectivity index (χ2v) is 6.53. The monoisotopic (exact) mass is 404 g/mol. The van der Waals surface area contributed by atoms with Crippen LogP contribution in [0, 0.1) is 0 Å².